The van der Waals surface area contributed by atoms with Crippen molar-refractivity contribution in [1.82, 2.24) is 10.6 Å². The van der Waals surface area contributed by atoms with Gasteiger partial charge in [-0.15, -0.1) is 11.3 Å². The second kappa shape index (κ2) is 8.07. The van der Waals surface area contributed by atoms with Gasteiger partial charge in [-0.25, -0.2) is 0 Å². The monoisotopic (exact) mass is 351 g/mol. The first-order chi connectivity index (χ1) is 9.78. The molecule has 0 atom stereocenters. The van der Waals surface area contributed by atoms with Crippen LogP contribution in [0.3, 0.4) is 0 Å². The lowest BCUT2D eigenvalue weighted by atomic mass is 10.2. The molecule has 0 aliphatic rings. The standard InChI is InChI=1S/C15H18BrN3S/c1-17-15(18-8-7-14-6-3-9-20-14)19-11-12-4-2-5-13(16)10-12/h2-6,9-10H,7-8,11H2,1H3,(H2,17,18,19). The van der Waals surface area contributed by atoms with E-state index in [-0.39, 0.29) is 0 Å². The average Bonchev–Trinajstić information content (AvgIpc) is 2.96. The normalized spacial score (nSPS) is 11.4. The van der Waals surface area contributed by atoms with E-state index in [0.717, 1.165) is 29.9 Å². The maximum absolute atomic E-state index is 4.23. The number of nitrogens with one attached hydrogen (secondary N) is 2. The van der Waals surface area contributed by atoms with Crippen molar-refractivity contribution in [2.24, 2.45) is 4.99 Å². The third kappa shape index (κ3) is 4.98. The van der Waals surface area contributed by atoms with Gasteiger partial charge in [-0.1, -0.05) is 34.1 Å². The van der Waals surface area contributed by atoms with E-state index in [1.807, 2.05) is 12.1 Å². The van der Waals surface area contributed by atoms with E-state index in [1.165, 1.54) is 10.4 Å². The van der Waals surface area contributed by atoms with Crippen LogP contribution in [0.4, 0.5) is 0 Å². The predicted molar refractivity (Wildman–Crippen MR) is 90.4 cm³/mol. The molecule has 0 radical (unpaired) electrons. The summed E-state index contributed by atoms with van der Waals surface area (Å²) >= 11 is 5.27. The Labute approximate surface area is 132 Å². The van der Waals surface area contributed by atoms with Gasteiger partial charge in [0.2, 0.25) is 0 Å². The van der Waals surface area contributed by atoms with E-state index in [1.54, 1.807) is 18.4 Å². The minimum Gasteiger partial charge on any atom is -0.356 e. The number of thiophene rings is 1. The van der Waals surface area contributed by atoms with Gasteiger partial charge in [0.15, 0.2) is 5.96 Å². The quantitative estimate of drug-likeness (QED) is 0.639. The lowest BCUT2D eigenvalue weighted by Crippen LogP contribution is -2.37. The summed E-state index contributed by atoms with van der Waals surface area (Å²) in [5, 5.41) is 8.75. The fourth-order valence-corrected chi connectivity index (χ4v) is 2.97. The number of hydrogen-bond acceptors (Lipinski definition) is 2. The first-order valence-electron chi connectivity index (χ1n) is 6.49. The molecule has 1 aromatic heterocycles. The molecular formula is C15H18BrN3S. The van der Waals surface area contributed by atoms with Gasteiger partial charge in [-0.3, -0.25) is 4.99 Å². The van der Waals surface area contributed by atoms with E-state index in [4.69, 9.17) is 0 Å². The molecule has 2 rings (SSSR count). The number of halogens is 1. The highest BCUT2D eigenvalue weighted by Gasteiger charge is 1.99. The average molecular weight is 352 g/mol. The third-order valence-electron chi connectivity index (χ3n) is 2.82. The van der Waals surface area contributed by atoms with Crippen LogP contribution < -0.4 is 10.6 Å². The molecule has 0 fully saturated rings. The van der Waals surface area contributed by atoms with Gasteiger partial charge < -0.3 is 10.6 Å². The molecule has 0 saturated heterocycles. The predicted octanol–water partition coefficient (Wildman–Crippen LogP) is 3.42. The molecule has 0 unspecified atom stereocenters. The third-order valence-corrected chi connectivity index (χ3v) is 4.25. The largest absolute Gasteiger partial charge is 0.356 e. The Balaban J connectivity index is 1.75. The molecule has 0 amide bonds. The molecule has 0 aliphatic heterocycles. The van der Waals surface area contributed by atoms with E-state index < -0.39 is 0 Å². The van der Waals surface area contributed by atoms with Crippen LogP contribution in [0.25, 0.3) is 0 Å². The zero-order valence-electron chi connectivity index (χ0n) is 11.4. The Morgan fingerprint density at radius 1 is 1.25 bits per heavy atom. The Hall–Kier alpha value is -1.33. The number of benzene rings is 1. The topological polar surface area (TPSA) is 36.4 Å². The van der Waals surface area contributed by atoms with Crippen molar-refractivity contribution in [3.05, 3.63) is 56.7 Å². The molecule has 106 valence electrons. The summed E-state index contributed by atoms with van der Waals surface area (Å²) in [6.45, 7) is 1.65. The summed E-state index contributed by atoms with van der Waals surface area (Å²) in [7, 11) is 1.79. The molecule has 20 heavy (non-hydrogen) atoms. The van der Waals surface area contributed by atoms with Crippen LogP contribution in [-0.2, 0) is 13.0 Å². The van der Waals surface area contributed by atoms with Gasteiger partial charge in [0, 0.05) is 29.5 Å². The minimum absolute atomic E-state index is 0.762. The van der Waals surface area contributed by atoms with Crippen LogP contribution in [-0.4, -0.2) is 19.6 Å². The molecular weight excluding hydrogens is 334 g/mol. The van der Waals surface area contributed by atoms with Crippen molar-refractivity contribution < 1.29 is 0 Å². The molecule has 0 aliphatic carbocycles. The van der Waals surface area contributed by atoms with Gasteiger partial charge in [-0.2, -0.15) is 0 Å². The second-order valence-corrected chi connectivity index (χ2v) is 6.26. The molecule has 2 N–H and O–H groups in total. The van der Waals surface area contributed by atoms with Crippen molar-refractivity contribution in [3.63, 3.8) is 0 Å². The molecule has 2 aromatic rings. The molecule has 0 bridgehead atoms. The highest BCUT2D eigenvalue weighted by atomic mass is 79.9. The van der Waals surface area contributed by atoms with Crippen LogP contribution in [0.5, 0.6) is 0 Å². The van der Waals surface area contributed by atoms with Crippen molar-refractivity contribution in [2.45, 2.75) is 13.0 Å². The highest BCUT2D eigenvalue weighted by molar-refractivity contribution is 9.10. The molecule has 0 saturated carbocycles. The Morgan fingerprint density at radius 2 is 2.15 bits per heavy atom. The van der Waals surface area contributed by atoms with Crippen LogP contribution in [0.15, 0.2) is 51.2 Å². The first kappa shape index (κ1) is 15.1. The summed E-state index contributed by atoms with van der Waals surface area (Å²) in [5.41, 5.74) is 1.22. The SMILES string of the molecule is CN=C(NCCc1cccs1)NCc1cccc(Br)c1. The fourth-order valence-electron chi connectivity index (χ4n) is 1.81. The van der Waals surface area contributed by atoms with E-state index in [0.29, 0.717) is 0 Å². The number of hydrogen-bond donors (Lipinski definition) is 2. The van der Waals surface area contributed by atoms with E-state index in [2.05, 4.69) is 61.2 Å². The van der Waals surface area contributed by atoms with E-state index in [9.17, 15) is 0 Å². The summed E-state index contributed by atoms with van der Waals surface area (Å²) in [5.74, 6) is 0.835. The maximum Gasteiger partial charge on any atom is 0.191 e. The maximum atomic E-state index is 4.23. The summed E-state index contributed by atoms with van der Waals surface area (Å²) in [6, 6.07) is 12.5. The van der Waals surface area contributed by atoms with Crippen LogP contribution in [0, 0.1) is 0 Å². The summed E-state index contributed by atoms with van der Waals surface area (Å²) in [6.07, 6.45) is 1.02. The smallest absolute Gasteiger partial charge is 0.191 e. The fraction of sp³-hybridized carbons (Fsp3) is 0.267. The van der Waals surface area contributed by atoms with Crippen LogP contribution >= 0.6 is 27.3 Å². The molecule has 0 spiro atoms. The van der Waals surface area contributed by atoms with Gasteiger partial charge in [-0.05, 0) is 35.6 Å². The number of guanidine groups is 1. The zero-order valence-corrected chi connectivity index (χ0v) is 13.8. The first-order valence-corrected chi connectivity index (χ1v) is 8.16. The lowest BCUT2D eigenvalue weighted by Gasteiger charge is -2.11. The Bertz CT molecular complexity index is 552. The molecule has 3 nitrogen and oxygen atoms in total. The van der Waals surface area contributed by atoms with Gasteiger partial charge in [0.1, 0.15) is 0 Å². The molecule has 5 heteroatoms. The van der Waals surface area contributed by atoms with Crippen molar-refractivity contribution in [3.8, 4) is 0 Å². The zero-order chi connectivity index (χ0) is 14.2. The lowest BCUT2D eigenvalue weighted by molar-refractivity contribution is 0.799. The van der Waals surface area contributed by atoms with Gasteiger partial charge in [0.25, 0.3) is 0 Å². The molecule has 1 heterocycles. The summed E-state index contributed by atoms with van der Waals surface area (Å²) < 4.78 is 1.09. The number of aliphatic imine (C=N–C) groups is 1. The Kier molecular flexibility index (Phi) is 6.08. The summed E-state index contributed by atoms with van der Waals surface area (Å²) in [4.78, 5) is 5.62. The number of rotatable bonds is 5. The van der Waals surface area contributed by atoms with Crippen molar-refractivity contribution >= 4 is 33.2 Å². The minimum atomic E-state index is 0.762. The van der Waals surface area contributed by atoms with Crippen LogP contribution in [0.1, 0.15) is 10.4 Å². The van der Waals surface area contributed by atoms with E-state index >= 15 is 0 Å². The van der Waals surface area contributed by atoms with Crippen LogP contribution in [0.2, 0.25) is 0 Å². The van der Waals surface area contributed by atoms with Crippen molar-refractivity contribution in [1.29, 1.82) is 0 Å². The van der Waals surface area contributed by atoms with Gasteiger partial charge >= 0.3 is 0 Å². The Morgan fingerprint density at radius 3 is 2.85 bits per heavy atom. The number of nitrogens with zero attached hydrogens (tertiary/aromatic N) is 1. The van der Waals surface area contributed by atoms with Crippen molar-refractivity contribution in [2.75, 3.05) is 13.6 Å². The highest BCUT2D eigenvalue weighted by Crippen LogP contribution is 2.11. The molecule has 1 aromatic carbocycles. The second-order valence-electron chi connectivity index (χ2n) is 4.31. The van der Waals surface area contributed by atoms with Gasteiger partial charge in [0.05, 0.1) is 0 Å².